The first-order valence-electron chi connectivity index (χ1n) is 11.6. The molecule has 2 heterocycles. The minimum absolute atomic E-state index is 0.331. The first kappa shape index (κ1) is 22.0. The van der Waals surface area contributed by atoms with E-state index in [-0.39, 0.29) is 5.92 Å². The smallest absolute Gasteiger partial charge is 0.306 e. The van der Waals surface area contributed by atoms with Crippen LogP contribution < -0.4 is 4.90 Å². The minimum Gasteiger partial charge on any atom is -0.481 e. The maximum atomic E-state index is 11.4. The summed E-state index contributed by atoms with van der Waals surface area (Å²) in [4.78, 5) is 23.0. The second kappa shape index (κ2) is 10.4. The van der Waals surface area contributed by atoms with Gasteiger partial charge >= 0.3 is 5.97 Å². The molecule has 0 saturated carbocycles. The molecular weight excluding hydrogens is 398 g/mol. The lowest BCUT2D eigenvalue weighted by Gasteiger charge is -2.28. The maximum Gasteiger partial charge on any atom is 0.306 e. The normalized spacial score (nSPS) is 14.8. The number of anilines is 1. The van der Waals surface area contributed by atoms with Crippen LogP contribution in [0.4, 0.5) is 5.69 Å². The molecule has 0 spiro atoms. The molecule has 0 radical (unpaired) electrons. The number of hydrogen-bond acceptors (Lipinski definition) is 4. The van der Waals surface area contributed by atoms with Crippen LogP contribution in [0.25, 0.3) is 22.5 Å². The number of carboxylic acids is 1. The van der Waals surface area contributed by atoms with Gasteiger partial charge < -0.3 is 10.0 Å². The van der Waals surface area contributed by atoms with Gasteiger partial charge in [-0.1, -0.05) is 49.7 Å². The largest absolute Gasteiger partial charge is 0.481 e. The number of carboxylic acid groups (broad SMARTS) is 1. The molecule has 1 unspecified atom stereocenters. The minimum atomic E-state index is -0.723. The van der Waals surface area contributed by atoms with Crippen LogP contribution in [0.5, 0.6) is 0 Å². The lowest BCUT2D eigenvalue weighted by atomic mass is 9.94. The zero-order chi connectivity index (χ0) is 22.3. The molecule has 1 atom stereocenters. The number of nitrogens with zero attached hydrogens (tertiary/aromatic N) is 3. The molecular formula is C27H31N3O2. The fourth-order valence-corrected chi connectivity index (χ4v) is 4.38. The van der Waals surface area contributed by atoms with Gasteiger partial charge in [0.25, 0.3) is 0 Å². The van der Waals surface area contributed by atoms with Gasteiger partial charge in [-0.3, -0.25) is 4.79 Å². The van der Waals surface area contributed by atoms with Crippen LogP contribution in [-0.4, -0.2) is 34.1 Å². The summed E-state index contributed by atoms with van der Waals surface area (Å²) >= 11 is 0. The van der Waals surface area contributed by atoms with E-state index in [2.05, 4.69) is 39.1 Å². The Balaban J connectivity index is 1.42. The average Bonchev–Trinajstić information content (AvgIpc) is 2.85. The first-order valence-corrected chi connectivity index (χ1v) is 11.6. The predicted molar refractivity (Wildman–Crippen MR) is 129 cm³/mol. The standard InChI is InChI=1S/C27H31N3O2/c1-2-6-23(27(31)32)17-20-7-9-22(10-8-20)26-28-18-24(19-29-26)21-11-13-25(14-12-21)30-15-4-3-5-16-30/h7-14,18-19,23H,2-6,15-17H2,1H3,(H,31,32). The van der Waals surface area contributed by atoms with Crippen molar-refractivity contribution < 1.29 is 9.90 Å². The molecule has 3 aromatic rings. The SMILES string of the molecule is CCCC(Cc1ccc(-c2ncc(-c3ccc(N4CCCCC4)cc3)cn2)cc1)C(=O)O. The summed E-state index contributed by atoms with van der Waals surface area (Å²) in [5.74, 6) is -0.380. The van der Waals surface area contributed by atoms with Gasteiger partial charge in [0.1, 0.15) is 0 Å². The summed E-state index contributed by atoms with van der Waals surface area (Å²) in [5.41, 5.74) is 5.36. The van der Waals surface area contributed by atoms with Gasteiger partial charge in [0.05, 0.1) is 5.92 Å². The van der Waals surface area contributed by atoms with Crippen LogP contribution >= 0.6 is 0 Å². The summed E-state index contributed by atoms with van der Waals surface area (Å²) in [6, 6.07) is 16.6. The summed E-state index contributed by atoms with van der Waals surface area (Å²) in [5, 5.41) is 9.38. The van der Waals surface area contributed by atoms with E-state index >= 15 is 0 Å². The molecule has 166 valence electrons. The van der Waals surface area contributed by atoms with Crippen molar-refractivity contribution in [2.75, 3.05) is 18.0 Å². The van der Waals surface area contributed by atoms with Crippen molar-refractivity contribution in [3.8, 4) is 22.5 Å². The molecule has 4 rings (SSSR count). The van der Waals surface area contributed by atoms with Crippen molar-refractivity contribution in [3.63, 3.8) is 0 Å². The Morgan fingerprint density at radius 1 is 0.906 bits per heavy atom. The number of carbonyl (C=O) groups is 1. The highest BCUT2D eigenvalue weighted by atomic mass is 16.4. The molecule has 2 aromatic carbocycles. The molecule has 1 aromatic heterocycles. The molecule has 1 aliphatic rings. The summed E-state index contributed by atoms with van der Waals surface area (Å²) in [7, 11) is 0. The van der Waals surface area contributed by atoms with Crippen molar-refractivity contribution in [3.05, 3.63) is 66.5 Å². The van der Waals surface area contributed by atoms with E-state index in [0.717, 1.165) is 41.8 Å². The fraction of sp³-hybridized carbons (Fsp3) is 0.370. The van der Waals surface area contributed by atoms with Crippen LogP contribution in [0, 0.1) is 5.92 Å². The summed E-state index contributed by atoms with van der Waals surface area (Å²) in [6.45, 7) is 4.31. The highest BCUT2D eigenvalue weighted by molar-refractivity contribution is 5.70. The number of benzene rings is 2. The van der Waals surface area contributed by atoms with Crippen LogP contribution in [0.15, 0.2) is 60.9 Å². The molecule has 1 N–H and O–H groups in total. The van der Waals surface area contributed by atoms with Crippen molar-refractivity contribution >= 4 is 11.7 Å². The van der Waals surface area contributed by atoms with E-state index < -0.39 is 5.97 Å². The third-order valence-electron chi connectivity index (χ3n) is 6.25. The highest BCUT2D eigenvalue weighted by Crippen LogP contribution is 2.26. The number of piperidine rings is 1. The van der Waals surface area contributed by atoms with E-state index in [1.165, 1.54) is 24.9 Å². The number of aliphatic carboxylic acids is 1. The zero-order valence-electron chi connectivity index (χ0n) is 18.7. The van der Waals surface area contributed by atoms with Crippen molar-refractivity contribution in [1.82, 2.24) is 9.97 Å². The Morgan fingerprint density at radius 2 is 1.53 bits per heavy atom. The Kier molecular flexibility index (Phi) is 7.15. The second-order valence-electron chi connectivity index (χ2n) is 8.61. The van der Waals surface area contributed by atoms with Gasteiger partial charge in [-0.25, -0.2) is 9.97 Å². The lowest BCUT2D eigenvalue weighted by Crippen LogP contribution is -2.29. The summed E-state index contributed by atoms with van der Waals surface area (Å²) < 4.78 is 0. The van der Waals surface area contributed by atoms with Gasteiger partial charge in [0.15, 0.2) is 5.82 Å². The lowest BCUT2D eigenvalue weighted by molar-refractivity contribution is -0.141. The Hall–Kier alpha value is -3.21. The van der Waals surface area contributed by atoms with Gasteiger partial charge in [-0.15, -0.1) is 0 Å². The van der Waals surface area contributed by atoms with Crippen LogP contribution in [0.2, 0.25) is 0 Å². The van der Waals surface area contributed by atoms with Gasteiger partial charge in [0, 0.05) is 42.3 Å². The Morgan fingerprint density at radius 3 is 2.12 bits per heavy atom. The molecule has 1 fully saturated rings. The Bertz CT molecular complexity index is 1010. The van der Waals surface area contributed by atoms with E-state index in [1.54, 1.807) is 0 Å². The topological polar surface area (TPSA) is 66.3 Å². The number of aromatic nitrogens is 2. The fourth-order valence-electron chi connectivity index (χ4n) is 4.38. The predicted octanol–water partition coefficient (Wildman–Crippen LogP) is 5.84. The van der Waals surface area contributed by atoms with Crippen LogP contribution in [0.1, 0.15) is 44.6 Å². The van der Waals surface area contributed by atoms with E-state index in [9.17, 15) is 9.90 Å². The first-order chi connectivity index (χ1) is 15.6. The van der Waals surface area contributed by atoms with Gasteiger partial charge in [-0.2, -0.15) is 0 Å². The maximum absolute atomic E-state index is 11.4. The van der Waals surface area contributed by atoms with Gasteiger partial charge in [0.2, 0.25) is 0 Å². The summed E-state index contributed by atoms with van der Waals surface area (Å²) in [6.07, 6.45) is 9.74. The van der Waals surface area contributed by atoms with Crippen LogP contribution in [-0.2, 0) is 11.2 Å². The number of rotatable bonds is 8. The van der Waals surface area contributed by atoms with Crippen molar-refractivity contribution in [2.45, 2.75) is 45.4 Å². The quantitative estimate of drug-likeness (QED) is 0.487. The van der Waals surface area contributed by atoms with Gasteiger partial charge in [-0.05, 0) is 55.4 Å². The molecule has 0 amide bonds. The van der Waals surface area contributed by atoms with E-state index in [4.69, 9.17) is 0 Å². The van der Waals surface area contributed by atoms with Crippen molar-refractivity contribution in [1.29, 1.82) is 0 Å². The Labute approximate surface area is 190 Å². The van der Waals surface area contributed by atoms with E-state index in [0.29, 0.717) is 18.7 Å². The molecule has 1 aliphatic heterocycles. The van der Waals surface area contributed by atoms with Crippen LogP contribution in [0.3, 0.4) is 0 Å². The average molecular weight is 430 g/mol. The zero-order valence-corrected chi connectivity index (χ0v) is 18.7. The molecule has 5 nitrogen and oxygen atoms in total. The third kappa shape index (κ3) is 5.34. The molecule has 0 bridgehead atoms. The molecule has 1 saturated heterocycles. The second-order valence-corrected chi connectivity index (χ2v) is 8.61. The number of hydrogen-bond donors (Lipinski definition) is 1. The third-order valence-corrected chi connectivity index (χ3v) is 6.25. The monoisotopic (exact) mass is 429 g/mol. The highest BCUT2D eigenvalue weighted by Gasteiger charge is 2.17. The van der Waals surface area contributed by atoms with Crippen molar-refractivity contribution in [2.24, 2.45) is 5.92 Å². The molecule has 5 heteroatoms. The molecule has 32 heavy (non-hydrogen) atoms. The van der Waals surface area contributed by atoms with E-state index in [1.807, 2.05) is 43.6 Å². The molecule has 0 aliphatic carbocycles.